The molecule has 2 fully saturated rings. The molecule has 0 aromatic heterocycles. The standard InChI is InChI=1S/C30H48O3/c1-19(9-8-10-20(2)26(32)33)21-13-17-30(7)23-11-12-24-27(3,4)25(31)15-16-28(24,5)22(23)14-18-29(21,30)6/h10,19,21,24-25,31H,8-9,11-18H2,1-7H3,(H,32,33)/b20-10+/t19-,21-,24-,25+,28+,29-,30+/m0/s1. The number of hydrogen-bond donors (Lipinski definition) is 2. The van der Waals surface area contributed by atoms with Crippen molar-refractivity contribution in [3.8, 4) is 0 Å². The lowest BCUT2D eigenvalue weighted by Crippen LogP contribution is -2.55. The number of carboxylic acids is 1. The molecule has 2 saturated carbocycles. The van der Waals surface area contributed by atoms with Crippen molar-refractivity contribution in [1.82, 2.24) is 0 Å². The summed E-state index contributed by atoms with van der Waals surface area (Å²) in [4.78, 5) is 11.1. The van der Waals surface area contributed by atoms with Gasteiger partial charge in [-0.15, -0.1) is 0 Å². The summed E-state index contributed by atoms with van der Waals surface area (Å²) in [5, 5.41) is 20.0. The smallest absolute Gasteiger partial charge is 0.330 e. The third-order valence-electron chi connectivity index (χ3n) is 11.9. The quantitative estimate of drug-likeness (QED) is 0.332. The maximum Gasteiger partial charge on any atom is 0.330 e. The van der Waals surface area contributed by atoms with Gasteiger partial charge in [-0.3, -0.25) is 0 Å². The number of rotatable bonds is 5. The molecule has 186 valence electrons. The minimum Gasteiger partial charge on any atom is -0.478 e. The van der Waals surface area contributed by atoms with Gasteiger partial charge in [-0.2, -0.15) is 0 Å². The van der Waals surface area contributed by atoms with Crippen molar-refractivity contribution < 1.29 is 15.0 Å². The van der Waals surface area contributed by atoms with Crippen LogP contribution in [0.3, 0.4) is 0 Å². The van der Waals surface area contributed by atoms with Crippen LogP contribution in [0.4, 0.5) is 0 Å². The summed E-state index contributed by atoms with van der Waals surface area (Å²) in [5.74, 6) is 1.12. The van der Waals surface area contributed by atoms with E-state index < -0.39 is 5.97 Å². The fraction of sp³-hybridized carbons (Fsp3) is 0.833. The van der Waals surface area contributed by atoms with Crippen molar-refractivity contribution in [2.75, 3.05) is 0 Å². The zero-order chi connectivity index (χ0) is 24.4. The second-order valence-electron chi connectivity index (χ2n) is 13.5. The summed E-state index contributed by atoms with van der Waals surface area (Å²) in [5.41, 5.74) is 4.95. The molecule has 0 amide bonds. The lowest BCUT2D eigenvalue weighted by molar-refractivity contribution is -0.132. The number of aliphatic hydroxyl groups is 1. The molecule has 0 radical (unpaired) electrons. The van der Waals surface area contributed by atoms with Gasteiger partial charge < -0.3 is 10.2 Å². The molecule has 0 aromatic rings. The van der Waals surface area contributed by atoms with E-state index in [1.54, 1.807) is 18.1 Å². The maximum absolute atomic E-state index is 11.1. The van der Waals surface area contributed by atoms with Crippen LogP contribution in [0, 0.1) is 39.4 Å². The Morgan fingerprint density at radius 1 is 1.03 bits per heavy atom. The second kappa shape index (κ2) is 8.25. The molecule has 4 aliphatic carbocycles. The summed E-state index contributed by atoms with van der Waals surface area (Å²) in [6.07, 6.45) is 13.3. The SMILES string of the molecule is C/C(=C\CC[C@H](C)[C@@H]1CC[C@]2(C)C3=C(CC[C@@]12C)[C@@]1(C)CC[C@@H](O)C(C)(C)[C@@H]1CC3)C(=O)O. The first kappa shape index (κ1) is 25.0. The highest BCUT2D eigenvalue weighted by atomic mass is 16.4. The Morgan fingerprint density at radius 2 is 1.73 bits per heavy atom. The van der Waals surface area contributed by atoms with Gasteiger partial charge in [0.05, 0.1) is 6.10 Å². The highest BCUT2D eigenvalue weighted by Gasteiger charge is 2.63. The van der Waals surface area contributed by atoms with E-state index in [2.05, 4.69) is 41.5 Å². The van der Waals surface area contributed by atoms with Crippen LogP contribution >= 0.6 is 0 Å². The van der Waals surface area contributed by atoms with Crippen molar-refractivity contribution >= 4 is 5.97 Å². The lowest BCUT2D eigenvalue weighted by Gasteiger charge is -2.62. The third kappa shape index (κ3) is 3.58. The molecule has 0 saturated heterocycles. The van der Waals surface area contributed by atoms with Crippen LogP contribution in [0.1, 0.15) is 113 Å². The normalized spacial score (nSPS) is 43.5. The van der Waals surface area contributed by atoms with Gasteiger partial charge >= 0.3 is 5.97 Å². The molecule has 2 N–H and O–H groups in total. The van der Waals surface area contributed by atoms with Crippen molar-refractivity contribution in [2.24, 2.45) is 39.4 Å². The van der Waals surface area contributed by atoms with Gasteiger partial charge in [-0.25, -0.2) is 4.79 Å². The first-order valence-electron chi connectivity index (χ1n) is 13.6. The van der Waals surface area contributed by atoms with Gasteiger partial charge in [0.2, 0.25) is 0 Å². The van der Waals surface area contributed by atoms with E-state index in [1.165, 1.54) is 38.5 Å². The molecule has 0 aromatic carbocycles. The number of allylic oxidation sites excluding steroid dienone is 3. The molecule has 0 unspecified atom stereocenters. The molecular weight excluding hydrogens is 408 g/mol. The average Bonchev–Trinajstić information content (AvgIpc) is 3.02. The summed E-state index contributed by atoms with van der Waals surface area (Å²) in [7, 11) is 0. The Bertz CT molecular complexity index is 866. The van der Waals surface area contributed by atoms with Crippen molar-refractivity contribution in [3.05, 3.63) is 22.8 Å². The zero-order valence-corrected chi connectivity index (χ0v) is 22.3. The molecule has 0 heterocycles. The summed E-state index contributed by atoms with van der Waals surface area (Å²) < 4.78 is 0. The molecule has 0 aliphatic heterocycles. The van der Waals surface area contributed by atoms with Crippen LogP contribution in [0.15, 0.2) is 22.8 Å². The number of carboxylic acid groups (broad SMARTS) is 1. The molecule has 33 heavy (non-hydrogen) atoms. The number of hydrogen-bond acceptors (Lipinski definition) is 2. The largest absolute Gasteiger partial charge is 0.478 e. The molecule has 0 bridgehead atoms. The van der Waals surface area contributed by atoms with Crippen LogP contribution in [0.25, 0.3) is 0 Å². The van der Waals surface area contributed by atoms with E-state index in [4.69, 9.17) is 5.11 Å². The monoisotopic (exact) mass is 456 g/mol. The topological polar surface area (TPSA) is 57.5 Å². The predicted molar refractivity (Wildman–Crippen MR) is 135 cm³/mol. The van der Waals surface area contributed by atoms with Crippen molar-refractivity contribution in [2.45, 2.75) is 119 Å². The van der Waals surface area contributed by atoms with E-state index in [9.17, 15) is 9.90 Å². The van der Waals surface area contributed by atoms with E-state index >= 15 is 0 Å². The Balaban J connectivity index is 1.60. The molecule has 3 heteroatoms. The summed E-state index contributed by atoms with van der Waals surface area (Å²) in [6, 6.07) is 0. The highest BCUT2D eigenvalue weighted by Crippen LogP contribution is 2.72. The zero-order valence-electron chi connectivity index (χ0n) is 22.3. The molecule has 7 atom stereocenters. The third-order valence-corrected chi connectivity index (χ3v) is 11.9. The maximum atomic E-state index is 11.1. The second-order valence-corrected chi connectivity index (χ2v) is 13.5. The molecule has 4 aliphatic rings. The first-order valence-corrected chi connectivity index (χ1v) is 13.6. The molecule has 0 spiro atoms. The number of fused-ring (bicyclic) bond motifs is 4. The van der Waals surface area contributed by atoms with Crippen LogP contribution in [-0.2, 0) is 4.79 Å². The van der Waals surface area contributed by atoms with Gasteiger partial charge in [-0.05, 0) is 111 Å². The van der Waals surface area contributed by atoms with Gasteiger partial charge in [0.1, 0.15) is 0 Å². The Labute approximate surface area is 202 Å². The van der Waals surface area contributed by atoms with Gasteiger partial charge in [0.15, 0.2) is 0 Å². The Kier molecular flexibility index (Phi) is 6.25. The van der Waals surface area contributed by atoms with E-state index in [0.29, 0.717) is 34.2 Å². The summed E-state index contributed by atoms with van der Waals surface area (Å²) >= 11 is 0. The van der Waals surface area contributed by atoms with E-state index in [1.807, 2.05) is 6.08 Å². The molecular formula is C30H48O3. The van der Waals surface area contributed by atoms with Crippen molar-refractivity contribution in [3.63, 3.8) is 0 Å². The Morgan fingerprint density at radius 3 is 2.39 bits per heavy atom. The van der Waals surface area contributed by atoms with Crippen LogP contribution in [-0.4, -0.2) is 22.3 Å². The molecule has 3 nitrogen and oxygen atoms in total. The highest BCUT2D eigenvalue weighted by molar-refractivity contribution is 5.85. The first-order chi connectivity index (χ1) is 15.3. The molecule has 4 rings (SSSR count). The van der Waals surface area contributed by atoms with Crippen LogP contribution < -0.4 is 0 Å². The predicted octanol–water partition coefficient (Wildman–Crippen LogP) is 7.54. The number of carbonyl (C=O) groups is 1. The number of aliphatic carboxylic acids is 1. The van der Waals surface area contributed by atoms with Crippen molar-refractivity contribution in [1.29, 1.82) is 0 Å². The van der Waals surface area contributed by atoms with E-state index in [-0.39, 0.29) is 16.9 Å². The fourth-order valence-electron chi connectivity index (χ4n) is 9.48. The number of aliphatic hydroxyl groups excluding tert-OH is 1. The lowest BCUT2D eigenvalue weighted by atomic mass is 9.43. The average molecular weight is 457 g/mol. The van der Waals surface area contributed by atoms with Gasteiger partial charge in [-0.1, -0.05) is 58.8 Å². The van der Waals surface area contributed by atoms with Crippen LogP contribution in [0.5, 0.6) is 0 Å². The van der Waals surface area contributed by atoms with Gasteiger partial charge in [0.25, 0.3) is 0 Å². The summed E-state index contributed by atoms with van der Waals surface area (Å²) in [6.45, 7) is 16.5. The minimum absolute atomic E-state index is 0.00150. The van der Waals surface area contributed by atoms with Crippen LogP contribution in [0.2, 0.25) is 0 Å². The van der Waals surface area contributed by atoms with Gasteiger partial charge in [0, 0.05) is 5.57 Å². The van der Waals surface area contributed by atoms with E-state index in [0.717, 1.165) is 25.7 Å². The minimum atomic E-state index is -0.794. The Hall–Kier alpha value is -1.09. The fourth-order valence-corrected chi connectivity index (χ4v) is 9.48.